The molecule has 0 saturated carbocycles. The van der Waals surface area contributed by atoms with Crippen molar-refractivity contribution in [2.24, 2.45) is 0 Å². The molecule has 0 radical (unpaired) electrons. The number of fused-ring (bicyclic) bond motifs is 1. The number of hydrogen-bond donors (Lipinski definition) is 2. The molecule has 0 fully saturated rings. The molecule has 2 aromatic rings. The lowest BCUT2D eigenvalue weighted by molar-refractivity contribution is -0.142. The summed E-state index contributed by atoms with van der Waals surface area (Å²) in [6.07, 6.45) is 1.75. The minimum absolute atomic E-state index is 0.680. The minimum atomic E-state index is -0.918. The second-order valence-corrected chi connectivity index (χ2v) is 5.13. The zero-order valence-electron chi connectivity index (χ0n) is 9.97. The first-order valence-electron chi connectivity index (χ1n) is 5.35. The van der Waals surface area contributed by atoms with Gasteiger partial charge in [-0.1, -0.05) is 17.7 Å². The van der Waals surface area contributed by atoms with Crippen molar-refractivity contribution in [2.75, 3.05) is 0 Å². The van der Waals surface area contributed by atoms with Crippen molar-refractivity contribution in [3.8, 4) is 0 Å². The lowest BCUT2D eigenvalue weighted by Crippen LogP contribution is -2.28. The van der Waals surface area contributed by atoms with E-state index in [9.17, 15) is 9.90 Å². The van der Waals surface area contributed by atoms with Crippen molar-refractivity contribution in [1.29, 1.82) is 0 Å². The van der Waals surface area contributed by atoms with Crippen LogP contribution in [-0.4, -0.2) is 16.1 Å². The molecule has 17 heavy (non-hydrogen) atoms. The van der Waals surface area contributed by atoms with Gasteiger partial charge < -0.3 is 10.1 Å². The van der Waals surface area contributed by atoms with Gasteiger partial charge in [0, 0.05) is 16.6 Å². The quantitative estimate of drug-likeness (QED) is 0.858. The van der Waals surface area contributed by atoms with Crippen LogP contribution in [0.2, 0.25) is 5.02 Å². The number of hydrogen-bond acceptors (Lipinski definition) is 1. The fourth-order valence-electron chi connectivity index (χ4n) is 1.95. The molecule has 0 saturated heterocycles. The molecule has 0 bridgehead atoms. The molecule has 0 atom stereocenters. The average Bonchev–Trinajstić information content (AvgIpc) is 2.68. The number of aromatic amines is 1. The number of carboxylic acid groups (broad SMARTS) is 1. The summed E-state index contributed by atoms with van der Waals surface area (Å²) >= 11 is 6.04. The highest BCUT2D eigenvalue weighted by atomic mass is 35.5. The van der Waals surface area contributed by atoms with Gasteiger partial charge in [0.25, 0.3) is 0 Å². The Bertz CT molecular complexity index is 599. The van der Waals surface area contributed by atoms with Crippen molar-refractivity contribution in [3.05, 3.63) is 34.5 Å². The first kappa shape index (κ1) is 12.0. The molecule has 0 unspecified atom stereocenters. The van der Waals surface area contributed by atoms with E-state index < -0.39 is 11.4 Å². The van der Waals surface area contributed by atoms with Crippen LogP contribution in [0.3, 0.4) is 0 Å². The van der Waals surface area contributed by atoms with Crippen LogP contribution in [0, 0.1) is 6.92 Å². The van der Waals surface area contributed by atoms with Gasteiger partial charge in [-0.3, -0.25) is 4.79 Å². The van der Waals surface area contributed by atoms with Gasteiger partial charge in [0.15, 0.2) is 0 Å². The lowest BCUT2D eigenvalue weighted by atomic mass is 9.84. The molecular weight excluding hydrogens is 238 g/mol. The maximum absolute atomic E-state index is 11.3. The van der Waals surface area contributed by atoms with Crippen LogP contribution in [-0.2, 0) is 10.2 Å². The zero-order valence-corrected chi connectivity index (χ0v) is 10.7. The predicted molar refractivity (Wildman–Crippen MR) is 68.7 cm³/mol. The van der Waals surface area contributed by atoms with Crippen LogP contribution >= 0.6 is 11.6 Å². The number of H-pyrrole nitrogens is 1. The number of benzene rings is 1. The summed E-state index contributed by atoms with van der Waals surface area (Å²) in [5.41, 5.74) is 1.71. The molecule has 2 rings (SSSR count). The van der Waals surface area contributed by atoms with E-state index in [0.717, 1.165) is 22.0 Å². The first-order chi connectivity index (χ1) is 7.85. The van der Waals surface area contributed by atoms with Crippen molar-refractivity contribution < 1.29 is 9.90 Å². The summed E-state index contributed by atoms with van der Waals surface area (Å²) in [4.78, 5) is 14.4. The predicted octanol–water partition coefficient (Wildman–Crippen LogP) is 3.49. The number of halogens is 1. The molecule has 0 aliphatic carbocycles. The SMILES string of the molecule is Cc1c(Cl)ccc2c(C(C)(C)C(=O)O)c[nH]c12. The molecule has 1 aromatic heterocycles. The average molecular weight is 252 g/mol. The summed E-state index contributed by atoms with van der Waals surface area (Å²) in [7, 11) is 0. The normalized spacial score (nSPS) is 12.0. The van der Waals surface area contributed by atoms with Crippen LogP contribution in [0.4, 0.5) is 0 Å². The number of aromatic nitrogens is 1. The molecule has 3 nitrogen and oxygen atoms in total. The largest absolute Gasteiger partial charge is 0.481 e. The van der Waals surface area contributed by atoms with E-state index in [4.69, 9.17) is 11.6 Å². The van der Waals surface area contributed by atoms with Gasteiger partial charge in [-0.15, -0.1) is 0 Å². The molecule has 0 spiro atoms. The van der Waals surface area contributed by atoms with Crippen LogP contribution in [0.5, 0.6) is 0 Å². The van der Waals surface area contributed by atoms with Gasteiger partial charge in [-0.05, 0) is 38.0 Å². The third-order valence-electron chi connectivity index (χ3n) is 3.26. The molecule has 90 valence electrons. The molecule has 2 N–H and O–H groups in total. The van der Waals surface area contributed by atoms with E-state index in [0.29, 0.717) is 5.02 Å². The molecule has 1 heterocycles. The van der Waals surface area contributed by atoms with Crippen LogP contribution in [0.1, 0.15) is 25.0 Å². The number of aryl methyl sites for hydroxylation is 1. The second kappa shape index (κ2) is 3.77. The summed E-state index contributed by atoms with van der Waals surface area (Å²) < 4.78 is 0. The number of nitrogens with one attached hydrogen (secondary N) is 1. The van der Waals surface area contributed by atoms with Crippen molar-refractivity contribution >= 4 is 28.5 Å². The van der Waals surface area contributed by atoms with Gasteiger partial charge in [-0.25, -0.2) is 0 Å². The Balaban J connectivity index is 2.74. The summed E-state index contributed by atoms with van der Waals surface area (Å²) in [5, 5.41) is 10.9. The fourth-order valence-corrected chi connectivity index (χ4v) is 2.11. The summed E-state index contributed by atoms with van der Waals surface area (Å²) in [6, 6.07) is 3.66. The van der Waals surface area contributed by atoms with Gasteiger partial charge in [0.1, 0.15) is 0 Å². The van der Waals surface area contributed by atoms with Crippen molar-refractivity contribution in [1.82, 2.24) is 4.98 Å². The number of carboxylic acids is 1. The third kappa shape index (κ3) is 1.71. The second-order valence-electron chi connectivity index (χ2n) is 4.73. The fraction of sp³-hybridized carbons (Fsp3) is 0.308. The maximum Gasteiger partial charge on any atom is 0.313 e. The highest BCUT2D eigenvalue weighted by Crippen LogP contribution is 2.33. The Kier molecular flexibility index (Phi) is 2.66. The van der Waals surface area contributed by atoms with Crippen LogP contribution in [0.25, 0.3) is 10.9 Å². The Morgan fingerprint density at radius 2 is 2.06 bits per heavy atom. The Morgan fingerprint density at radius 3 is 2.65 bits per heavy atom. The van der Waals surface area contributed by atoms with E-state index in [1.165, 1.54) is 0 Å². The topological polar surface area (TPSA) is 53.1 Å². The number of rotatable bonds is 2. The zero-order chi connectivity index (χ0) is 12.8. The molecule has 1 aromatic carbocycles. The Hall–Kier alpha value is -1.48. The van der Waals surface area contributed by atoms with Gasteiger partial charge in [0.2, 0.25) is 0 Å². The Morgan fingerprint density at radius 1 is 1.41 bits per heavy atom. The van der Waals surface area contributed by atoms with E-state index in [-0.39, 0.29) is 0 Å². The van der Waals surface area contributed by atoms with Crippen LogP contribution in [0.15, 0.2) is 18.3 Å². The highest BCUT2D eigenvalue weighted by molar-refractivity contribution is 6.32. The molecule has 4 heteroatoms. The molecule has 0 aliphatic heterocycles. The summed E-state index contributed by atoms with van der Waals surface area (Å²) in [6.45, 7) is 5.31. The van der Waals surface area contributed by atoms with E-state index in [2.05, 4.69) is 4.98 Å². The maximum atomic E-state index is 11.3. The van der Waals surface area contributed by atoms with E-state index >= 15 is 0 Å². The van der Waals surface area contributed by atoms with Gasteiger partial charge in [0.05, 0.1) is 10.9 Å². The van der Waals surface area contributed by atoms with Gasteiger partial charge >= 0.3 is 5.97 Å². The molecule has 0 aliphatic rings. The Labute approximate surface area is 104 Å². The smallest absolute Gasteiger partial charge is 0.313 e. The van der Waals surface area contributed by atoms with Crippen LogP contribution < -0.4 is 0 Å². The minimum Gasteiger partial charge on any atom is -0.481 e. The third-order valence-corrected chi connectivity index (χ3v) is 3.67. The standard InChI is InChI=1S/C13H14ClNO2/c1-7-10(14)5-4-8-9(6-15-11(7)8)13(2,3)12(16)17/h4-6,15H,1-3H3,(H,16,17). The van der Waals surface area contributed by atoms with Crippen molar-refractivity contribution in [2.45, 2.75) is 26.2 Å². The van der Waals surface area contributed by atoms with E-state index in [1.807, 2.05) is 13.0 Å². The van der Waals surface area contributed by atoms with E-state index in [1.54, 1.807) is 26.1 Å². The summed E-state index contributed by atoms with van der Waals surface area (Å²) in [5.74, 6) is -0.842. The number of aliphatic carboxylic acids is 1. The lowest BCUT2D eigenvalue weighted by Gasteiger charge is -2.18. The van der Waals surface area contributed by atoms with Crippen molar-refractivity contribution in [3.63, 3.8) is 0 Å². The first-order valence-corrected chi connectivity index (χ1v) is 5.73. The van der Waals surface area contributed by atoms with Gasteiger partial charge in [-0.2, -0.15) is 0 Å². The molecule has 0 amide bonds. The highest BCUT2D eigenvalue weighted by Gasteiger charge is 2.32. The molecular formula is C13H14ClNO2. The number of carbonyl (C=O) groups is 1. The monoisotopic (exact) mass is 251 g/mol.